The van der Waals surface area contributed by atoms with Crippen molar-refractivity contribution >= 4 is 27.9 Å². The number of imidazole rings is 1. The number of halogens is 2. The summed E-state index contributed by atoms with van der Waals surface area (Å²) in [6.45, 7) is 2.28. The van der Waals surface area contributed by atoms with Gasteiger partial charge in [-0.3, -0.25) is 4.40 Å². The molecular weight excluding hydrogens is 568 g/mol. The Balaban J connectivity index is 0.988. The maximum absolute atomic E-state index is 13.3. The van der Waals surface area contributed by atoms with Gasteiger partial charge in [0.25, 0.3) is 6.43 Å². The minimum Gasteiger partial charge on any atom is -0.497 e. The van der Waals surface area contributed by atoms with Gasteiger partial charge in [0.1, 0.15) is 34.4 Å². The van der Waals surface area contributed by atoms with Gasteiger partial charge >= 0.3 is 0 Å². The largest absolute Gasteiger partial charge is 0.497 e. The molecule has 228 valence electrons. The number of alkyl halides is 2. The van der Waals surface area contributed by atoms with Gasteiger partial charge in [0.2, 0.25) is 0 Å². The van der Waals surface area contributed by atoms with Crippen LogP contribution in [0.25, 0.3) is 16.4 Å². The molecule has 1 saturated carbocycles. The Morgan fingerprint density at radius 2 is 1.84 bits per heavy atom. The Kier molecular flexibility index (Phi) is 7.12. The van der Waals surface area contributed by atoms with E-state index in [-0.39, 0.29) is 16.7 Å². The standard InChI is InChI=1S/C33H33F2N5O4/c1-41-22-7-6-21(28(12-22)42-2)13-38-31-25-4-3-5-26(24(25)10-11-36-31)39-18-33-16-32(17-33,20-44-33)19-43-23-8-9-29-37-14-27(30(34)35)40(29)15-23/h3-12,14-15,30,39H,13,16-20H2,1-2H3,(H,36,38). The molecule has 0 spiro atoms. The van der Waals surface area contributed by atoms with Gasteiger partial charge in [-0.1, -0.05) is 12.1 Å². The highest BCUT2D eigenvalue weighted by Crippen LogP contribution is 2.58. The van der Waals surface area contributed by atoms with E-state index in [1.807, 2.05) is 36.5 Å². The third-order valence-electron chi connectivity index (χ3n) is 8.70. The molecule has 2 N–H and O–H groups in total. The number of benzene rings is 2. The number of nitrogens with one attached hydrogen (secondary N) is 2. The first-order chi connectivity index (χ1) is 21.4. The van der Waals surface area contributed by atoms with Crippen molar-refractivity contribution in [3.05, 3.63) is 84.4 Å². The van der Waals surface area contributed by atoms with Crippen LogP contribution in [0.4, 0.5) is 20.3 Å². The van der Waals surface area contributed by atoms with Gasteiger partial charge in [0, 0.05) is 52.8 Å². The Morgan fingerprint density at radius 3 is 2.66 bits per heavy atom. The number of pyridine rings is 2. The Labute approximate surface area is 253 Å². The first-order valence-electron chi connectivity index (χ1n) is 14.5. The van der Waals surface area contributed by atoms with Crippen molar-refractivity contribution in [2.75, 3.05) is 44.6 Å². The lowest BCUT2D eigenvalue weighted by molar-refractivity contribution is -0.0134. The molecule has 0 amide bonds. The van der Waals surface area contributed by atoms with Gasteiger partial charge in [-0.05, 0) is 49.2 Å². The Hall–Kier alpha value is -4.64. The monoisotopic (exact) mass is 601 g/mol. The van der Waals surface area contributed by atoms with Crippen LogP contribution in [0.15, 0.2) is 73.2 Å². The van der Waals surface area contributed by atoms with Gasteiger partial charge in [0.15, 0.2) is 0 Å². The van der Waals surface area contributed by atoms with Gasteiger partial charge < -0.3 is 29.6 Å². The second-order valence-corrected chi connectivity index (χ2v) is 11.6. The number of aromatic nitrogens is 3. The third kappa shape index (κ3) is 5.11. The molecule has 0 unspecified atom stereocenters. The molecule has 44 heavy (non-hydrogen) atoms. The molecule has 0 radical (unpaired) electrons. The number of hydrogen-bond acceptors (Lipinski definition) is 8. The van der Waals surface area contributed by atoms with Crippen LogP contribution in [0.3, 0.4) is 0 Å². The molecule has 0 atom stereocenters. The summed E-state index contributed by atoms with van der Waals surface area (Å²) in [5.41, 5.74) is 1.98. The molecule has 1 aliphatic carbocycles. The van der Waals surface area contributed by atoms with E-state index in [0.29, 0.717) is 37.7 Å². The normalized spacial score (nSPS) is 20.6. The van der Waals surface area contributed by atoms with Gasteiger partial charge in [-0.2, -0.15) is 0 Å². The molecule has 3 fully saturated rings. The molecule has 5 heterocycles. The van der Waals surface area contributed by atoms with Crippen LogP contribution in [0.5, 0.6) is 17.2 Å². The minimum absolute atomic E-state index is 0.0839. The van der Waals surface area contributed by atoms with Gasteiger partial charge in [-0.25, -0.2) is 18.7 Å². The first-order valence-corrected chi connectivity index (χ1v) is 14.5. The number of nitrogens with zero attached hydrogens (tertiary/aromatic N) is 3. The van der Waals surface area contributed by atoms with E-state index in [9.17, 15) is 8.78 Å². The van der Waals surface area contributed by atoms with E-state index in [0.717, 1.165) is 52.2 Å². The second-order valence-electron chi connectivity index (χ2n) is 11.6. The molecule has 9 nitrogen and oxygen atoms in total. The maximum atomic E-state index is 13.3. The summed E-state index contributed by atoms with van der Waals surface area (Å²) in [4.78, 5) is 8.64. The number of methoxy groups -OCH3 is 2. The number of rotatable bonds is 12. The number of fused-ring (bicyclic) bond motifs is 3. The first kappa shape index (κ1) is 28.1. The molecule has 3 aromatic heterocycles. The van der Waals surface area contributed by atoms with Gasteiger partial charge in [0.05, 0.1) is 45.4 Å². The fourth-order valence-electron chi connectivity index (χ4n) is 6.54. The highest BCUT2D eigenvalue weighted by molar-refractivity contribution is 5.99. The summed E-state index contributed by atoms with van der Waals surface area (Å²) >= 11 is 0. The van der Waals surface area contributed by atoms with Crippen LogP contribution >= 0.6 is 0 Å². The quantitative estimate of drug-likeness (QED) is 0.168. The molecular formula is C33H33F2N5O4. The number of ether oxygens (including phenoxy) is 4. The molecule has 3 aliphatic rings. The average Bonchev–Trinajstić information content (AvgIpc) is 3.73. The molecule has 2 saturated heterocycles. The summed E-state index contributed by atoms with van der Waals surface area (Å²) < 4.78 is 51.2. The summed E-state index contributed by atoms with van der Waals surface area (Å²) in [5, 5.41) is 9.17. The summed E-state index contributed by atoms with van der Waals surface area (Å²) in [6, 6.07) is 17.4. The van der Waals surface area contributed by atoms with E-state index < -0.39 is 6.43 Å². The van der Waals surface area contributed by atoms with Crippen LogP contribution < -0.4 is 24.8 Å². The summed E-state index contributed by atoms with van der Waals surface area (Å²) in [5.74, 6) is 2.81. The van der Waals surface area contributed by atoms with Crippen molar-refractivity contribution in [1.29, 1.82) is 0 Å². The lowest BCUT2D eigenvalue weighted by atomic mass is 9.63. The van der Waals surface area contributed by atoms with E-state index >= 15 is 0 Å². The smallest absolute Gasteiger partial charge is 0.280 e. The fourth-order valence-corrected chi connectivity index (χ4v) is 6.54. The highest BCUT2D eigenvalue weighted by Gasteiger charge is 2.62. The van der Waals surface area contributed by atoms with Crippen molar-refractivity contribution in [3.63, 3.8) is 0 Å². The zero-order valence-corrected chi connectivity index (χ0v) is 24.5. The molecule has 11 heteroatoms. The predicted molar refractivity (Wildman–Crippen MR) is 163 cm³/mol. The summed E-state index contributed by atoms with van der Waals surface area (Å²) in [7, 11) is 3.28. The van der Waals surface area contributed by atoms with E-state index in [4.69, 9.17) is 18.9 Å². The number of anilines is 2. The third-order valence-corrected chi connectivity index (χ3v) is 8.70. The van der Waals surface area contributed by atoms with Crippen LogP contribution in [0, 0.1) is 5.41 Å². The predicted octanol–water partition coefficient (Wildman–Crippen LogP) is 6.49. The van der Waals surface area contributed by atoms with Crippen molar-refractivity contribution in [2.24, 2.45) is 5.41 Å². The van der Waals surface area contributed by atoms with Crippen molar-refractivity contribution in [3.8, 4) is 17.2 Å². The lowest BCUT2D eigenvalue weighted by Gasteiger charge is -2.44. The van der Waals surface area contributed by atoms with Crippen LogP contribution in [-0.2, 0) is 11.3 Å². The minimum atomic E-state index is -2.61. The van der Waals surface area contributed by atoms with E-state index in [2.05, 4.69) is 32.7 Å². The topological polar surface area (TPSA) is 91.2 Å². The van der Waals surface area contributed by atoms with E-state index in [1.165, 1.54) is 10.6 Å². The van der Waals surface area contributed by atoms with Gasteiger partial charge in [-0.15, -0.1) is 0 Å². The lowest BCUT2D eigenvalue weighted by Crippen LogP contribution is -2.51. The highest BCUT2D eigenvalue weighted by atomic mass is 19.3. The van der Waals surface area contributed by atoms with Crippen LogP contribution in [0.1, 0.15) is 30.5 Å². The van der Waals surface area contributed by atoms with Crippen molar-refractivity contribution < 1.29 is 27.7 Å². The molecule has 8 rings (SSSR count). The van der Waals surface area contributed by atoms with Crippen molar-refractivity contribution in [2.45, 2.75) is 31.4 Å². The zero-order valence-electron chi connectivity index (χ0n) is 24.5. The fraction of sp³-hybridized carbons (Fsp3) is 0.333. The zero-order chi connectivity index (χ0) is 30.3. The Morgan fingerprint density at radius 1 is 0.977 bits per heavy atom. The Bertz CT molecular complexity index is 1820. The van der Waals surface area contributed by atoms with Crippen LogP contribution in [-0.4, -0.2) is 53.9 Å². The van der Waals surface area contributed by atoms with Crippen LogP contribution in [0.2, 0.25) is 0 Å². The maximum Gasteiger partial charge on any atom is 0.280 e. The number of hydrogen-bond donors (Lipinski definition) is 2. The van der Waals surface area contributed by atoms with Crippen molar-refractivity contribution in [1.82, 2.24) is 14.4 Å². The molecule has 2 aliphatic heterocycles. The SMILES string of the molecule is COc1ccc(CNc2nccc3c(NCC45CC(COc6ccc7ncc(C(F)F)n7c6)(CO4)C5)cccc23)c(OC)c1. The molecule has 2 aromatic carbocycles. The molecule has 2 bridgehead atoms. The van der Waals surface area contributed by atoms with E-state index in [1.54, 1.807) is 32.5 Å². The molecule has 5 aromatic rings. The summed E-state index contributed by atoms with van der Waals surface area (Å²) in [6.07, 6.45) is 3.71. The second kappa shape index (κ2) is 11.1. The average molecular weight is 602 g/mol.